The van der Waals surface area contributed by atoms with Gasteiger partial charge in [0.25, 0.3) is 0 Å². The van der Waals surface area contributed by atoms with Gasteiger partial charge in [0.2, 0.25) is 0 Å². The second-order valence-electron chi connectivity index (χ2n) is 9.54. The maximum atomic E-state index is 4.78. The van der Waals surface area contributed by atoms with Gasteiger partial charge in [0, 0.05) is 42.7 Å². The smallest absolute Gasteiger partial charge is 0.0683 e. The first-order valence-electron chi connectivity index (χ1n) is 10.1. The molecule has 0 aliphatic carbocycles. The number of rotatable bonds is 9. The van der Waals surface area contributed by atoms with Crippen LogP contribution in [0.2, 0.25) is 0 Å². The van der Waals surface area contributed by atoms with Gasteiger partial charge in [0.1, 0.15) is 0 Å². The summed E-state index contributed by atoms with van der Waals surface area (Å²) in [6.45, 7) is 11.4. The lowest BCUT2D eigenvalue weighted by atomic mass is 9.71. The molecule has 0 saturated heterocycles. The van der Waals surface area contributed by atoms with Crippen molar-refractivity contribution >= 4 is 0 Å². The van der Waals surface area contributed by atoms with Gasteiger partial charge in [-0.15, -0.1) is 0 Å². The summed E-state index contributed by atoms with van der Waals surface area (Å²) < 4.78 is 3.98. The van der Waals surface area contributed by atoms with Gasteiger partial charge in [-0.1, -0.05) is 20.8 Å². The van der Waals surface area contributed by atoms with E-state index in [9.17, 15) is 0 Å². The van der Waals surface area contributed by atoms with Crippen molar-refractivity contribution in [3.8, 4) is 0 Å². The lowest BCUT2D eigenvalue weighted by Crippen LogP contribution is -2.33. The molecule has 0 spiro atoms. The van der Waals surface area contributed by atoms with E-state index in [-0.39, 0.29) is 16.4 Å². The van der Waals surface area contributed by atoms with Crippen LogP contribution in [0.25, 0.3) is 0 Å². The molecule has 0 saturated carbocycles. The number of H-pyrrole nitrogens is 1. The van der Waals surface area contributed by atoms with Crippen LogP contribution in [0.5, 0.6) is 0 Å². The van der Waals surface area contributed by atoms with Crippen molar-refractivity contribution in [3.05, 3.63) is 54.4 Å². The van der Waals surface area contributed by atoms with Crippen molar-refractivity contribution in [2.24, 2.45) is 7.05 Å². The van der Waals surface area contributed by atoms with Crippen molar-refractivity contribution in [1.29, 1.82) is 0 Å². The van der Waals surface area contributed by atoms with Crippen molar-refractivity contribution in [2.75, 3.05) is 0 Å². The molecule has 3 heterocycles. The summed E-state index contributed by atoms with van der Waals surface area (Å²) in [5, 5.41) is 16.6. The minimum Gasteiger partial charge on any atom is -0.285 e. The van der Waals surface area contributed by atoms with Crippen LogP contribution in [0.15, 0.2) is 43.0 Å². The summed E-state index contributed by atoms with van der Waals surface area (Å²) in [6, 6.07) is 6.24. The van der Waals surface area contributed by atoms with E-state index in [1.165, 1.54) is 5.69 Å². The third-order valence-electron chi connectivity index (χ3n) is 6.24. The molecule has 0 radical (unpaired) electrons. The van der Waals surface area contributed by atoms with Crippen LogP contribution in [-0.2, 0) is 23.4 Å². The number of nitrogens with one attached hydrogen (secondary N) is 1. The molecule has 6 heteroatoms. The molecule has 3 aromatic rings. The number of hydrogen-bond donors (Lipinski definition) is 1. The average molecular weight is 383 g/mol. The SMILES string of the molecule is Cn1ccc(C(C)(CCC(C)(C)c2cc[nH]n2)CCC(C)(C)n2cccn2)n1. The lowest BCUT2D eigenvalue weighted by Gasteiger charge is -2.35. The summed E-state index contributed by atoms with van der Waals surface area (Å²) in [7, 11) is 1.99. The molecule has 0 fully saturated rings. The Hall–Kier alpha value is -2.37. The summed E-state index contributed by atoms with van der Waals surface area (Å²) in [5.74, 6) is 0. The molecule has 0 aromatic carbocycles. The highest BCUT2D eigenvalue weighted by Gasteiger charge is 2.35. The molecule has 0 aliphatic heterocycles. The molecule has 3 aromatic heterocycles. The molecule has 6 nitrogen and oxygen atoms in total. The van der Waals surface area contributed by atoms with Gasteiger partial charge in [-0.3, -0.25) is 14.5 Å². The number of aryl methyl sites for hydroxylation is 1. The molecule has 1 unspecified atom stereocenters. The Morgan fingerprint density at radius 1 is 0.929 bits per heavy atom. The van der Waals surface area contributed by atoms with Gasteiger partial charge >= 0.3 is 0 Å². The first kappa shape index (κ1) is 20.4. The maximum Gasteiger partial charge on any atom is 0.0683 e. The Morgan fingerprint density at radius 2 is 1.68 bits per heavy atom. The fourth-order valence-electron chi connectivity index (χ4n) is 3.79. The standard InChI is InChI=1S/C22H34N6/c1-20(2,18-8-15-23-25-18)10-12-22(5,19-9-17-27(6)26-19)13-11-21(3,4)28-16-7-14-24-28/h7-9,14-17H,10-13H2,1-6H3,(H,23,25). The molecule has 1 N–H and O–H groups in total. The van der Waals surface area contributed by atoms with Gasteiger partial charge in [0.15, 0.2) is 0 Å². The van der Waals surface area contributed by atoms with Crippen LogP contribution in [-0.4, -0.2) is 29.8 Å². The fraction of sp³-hybridized carbons (Fsp3) is 0.591. The quantitative estimate of drug-likeness (QED) is 0.589. The maximum absolute atomic E-state index is 4.78. The molecular weight excluding hydrogens is 348 g/mol. The van der Waals surface area contributed by atoms with Crippen LogP contribution in [0.4, 0.5) is 0 Å². The van der Waals surface area contributed by atoms with E-state index < -0.39 is 0 Å². The van der Waals surface area contributed by atoms with Crippen LogP contribution in [0, 0.1) is 0 Å². The van der Waals surface area contributed by atoms with Gasteiger partial charge in [-0.25, -0.2) is 0 Å². The predicted molar refractivity (Wildman–Crippen MR) is 112 cm³/mol. The number of aromatic amines is 1. The van der Waals surface area contributed by atoms with E-state index in [0.717, 1.165) is 31.4 Å². The fourth-order valence-corrected chi connectivity index (χ4v) is 3.79. The second-order valence-corrected chi connectivity index (χ2v) is 9.54. The highest BCUT2D eigenvalue weighted by molar-refractivity contribution is 5.17. The third kappa shape index (κ3) is 4.37. The van der Waals surface area contributed by atoms with Crippen LogP contribution < -0.4 is 0 Å². The van der Waals surface area contributed by atoms with E-state index in [4.69, 9.17) is 5.10 Å². The Labute approximate surface area is 168 Å². The van der Waals surface area contributed by atoms with Gasteiger partial charge in [-0.2, -0.15) is 15.3 Å². The van der Waals surface area contributed by atoms with Crippen molar-refractivity contribution < 1.29 is 0 Å². The summed E-state index contributed by atoms with van der Waals surface area (Å²) in [5.41, 5.74) is 2.28. The third-order valence-corrected chi connectivity index (χ3v) is 6.24. The van der Waals surface area contributed by atoms with Crippen molar-refractivity contribution in [1.82, 2.24) is 29.8 Å². The van der Waals surface area contributed by atoms with Gasteiger partial charge in [0.05, 0.1) is 16.9 Å². The zero-order valence-corrected chi connectivity index (χ0v) is 18.1. The minimum atomic E-state index is -0.0305. The van der Waals surface area contributed by atoms with Crippen molar-refractivity contribution in [3.63, 3.8) is 0 Å². The Bertz CT molecular complexity index is 805. The summed E-state index contributed by atoms with van der Waals surface area (Å²) in [6.07, 6.45) is 12.0. The van der Waals surface area contributed by atoms with Crippen LogP contribution in [0.3, 0.4) is 0 Å². The van der Waals surface area contributed by atoms with E-state index in [1.807, 2.05) is 36.4 Å². The van der Waals surface area contributed by atoms with E-state index in [0.29, 0.717) is 0 Å². The second kappa shape index (κ2) is 7.57. The molecular formula is C22H34N6. The highest BCUT2D eigenvalue weighted by Crippen LogP contribution is 2.40. The molecule has 152 valence electrons. The van der Waals surface area contributed by atoms with E-state index in [1.54, 1.807) is 0 Å². The first-order chi connectivity index (χ1) is 13.1. The molecule has 28 heavy (non-hydrogen) atoms. The Kier molecular flexibility index (Phi) is 5.50. The summed E-state index contributed by atoms with van der Waals surface area (Å²) >= 11 is 0. The minimum absolute atomic E-state index is 0.000734. The first-order valence-corrected chi connectivity index (χ1v) is 10.1. The van der Waals surface area contributed by atoms with E-state index in [2.05, 4.69) is 72.9 Å². The number of nitrogens with zero attached hydrogens (tertiary/aromatic N) is 5. The Balaban J connectivity index is 1.78. The van der Waals surface area contributed by atoms with Gasteiger partial charge < -0.3 is 0 Å². The molecule has 0 amide bonds. The van der Waals surface area contributed by atoms with E-state index >= 15 is 0 Å². The topological polar surface area (TPSA) is 64.3 Å². The zero-order chi connectivity index (χ0) is 20.4. The molecule has 0 aliphatic rings. The molecule has 3 rings (SSSR count). The van der Waals surface area contributed by atoms with Crippen LogP contribution >= 0.6 is 0 Å². The number of aromatic nitrogens is 6. The highest BCUT2D eigenvalue weighted by atomic mass is 15.3. The normalized spacial score (nSPS) is 14.9. The predicted octanol–water partition coefficient (Wildman–Crippen LogP) is 4.57. The average Bonchev–Trinajstić information content (AvgIpc) is 3.40. The Morgan fingerprint density at radius 3 is 2.25 bits per heavy atom. The molecule has 0 bridgehead atoms. The van der Waals surface area contributed by atoms with Gasteiger partial charge in [-0.05, 0) is 57.7 Å². The number of hydrogen-bond acceptors (Lipinski definition) is 3. The van der Waals surface area contributed by atoms with Crippen molar-refractivity contribution in [2.45, 2.75) is 76.7 Å². The van der Waals surface area contributed by atoms with Crippen LogP contribution in [0.1, 0.15) is 71.7 Å². The zero-order valence-electron chi connectivity index (χ0n) is 18.1. The summed E-state index contributed by atoms with van der Waals surface area (Å²) in [4.78, 5) is 0. The largest absolute Gasteiger partial charge is 0.285 e. The monoisotopic (exact) mass is 382 g/mol. The molecule has 1 atom stereocenters. The lowest BCUT2D eigenvalue weighted by molar-refractivity contribution is 0.235.